The van der Waals surface area contributed by atoms with Crippen molar-refractivity contribution in [3.05, 3.63) is 47.2 Å². The lowest BCUT2D eigenvalue weighted by Crippen LogP contribution is -1.97. The highest BCUT2D eigenvalue weighted by atomic mass is 35.5. The van der Waals surface area contributed by atoms with Gasteiger partial charge in [0.15, 0.2) is 9.84 Å². The highest BCUT2D eigenvalue weighted by Crippen LogP contribution is 2.31. The quantitative estimate of drug-likeness (QED) is 0.785. The summed E-state index contributed by atoms with van der Waals surface area (Å²) >= 11 is 6.00. The van der Waals surface area contributed by atoms with Gasteiger partial charge in [0.25, 0.3) is 0 Å². The van der Waals surface area contributed by atoms with Crippen LogP contribution in [0, 0.1) is 5.82 Å². The van der Waals surface area contributed by atoms with E-state index in [1.807, 2.05) is 0 Å². The fourth-order valence-electron chi connectivity index (χ4n) is 2.15. The highest BCUT2D eigenvalue weighted by Gasteiger charge is 2.18. The fraction of sp³-hybridized carbons (Fsp3) is 0.0714. The molecule has 0 aliphatic heterocycles. The second-order valence-corrected chi connectivity index (χ2v) is 7.00. The van der Waals surface area contributed by atoms with Crippen molar-refractivity contribution in [3.8, 4) is 11.4 Å². The van der Waals surface area contributed by atoms with Crippen molar-refractivity contribution in [3.63, 3.8) is 0 Å². The van der Waals surface area contributed by atoms with E-state index in [1.165, 1.54) is 18.2 Å². The Hall–Kier alpha value is -1.92. The summed E-state index contributed by atoms with van der Waals surface area (Å²) < 4.78 is 37.5. The number of rotatable bonds is 2. The van der Waals surface area contributed by atoms with Gasteiger partial charge < -0.3 is 4.98 Å². The predicted molar refractivity (Wildman–Crippen MR) is 79.6 cm³/mol. The van der Waals surface area contributed by atoms with Crippen molar-refractivity contribution in [2.75, 3.05) is 6.26 Å². The molecule has 0 unspecified atom stereocenters. The summed E-state index contributed by atoms with van der Waals surface area (Å²) in [5.41, 5.74) is 0.899. The van der Waals surface area contributed by atoms with E-state index >= 15 is 0 Å². The minimum Gasteiger partial charge on any atom is -0.338 e. The number of H-pyrrole nitrogens is 1. The molecule has 4 nitrogen and oxygen atoms in total. The zero-order valence-corrected chi connectivity index (χ0v) is 12.5. The molecule has 2 aromatic carbocycles. The maximum absolute atomic E-state index is 13.9. The van der Waals surface area contributed by atoms with Gasteiger partial charge in [0.05, 0.1) is 21.0 Å². The van der Waals surface area contributed by atoms with Gasteiger partial charge in [-0.15, -0.1) is 0 Å². The number of fused-ring (bicyclic) bond motifs is 1. The van der Waals surface area contributed by atoms with Gasteiger partial charge in [-0.05, 0) is 24.3 Å². The summed E-state index contributed by atoms with van der Waals surface area (Å²) in [6, 6.07) is 9.05. The molecular weight excluding hydrogens is 315 g/mol. The van der Waals surface area contributed by atoms with Gasteiger partial charge in [0.2, 0.25) is 0 Å². The summed E-state index contributed by atoms with van der Waals surface area (Å²) in [6.45, 7) is 0. The maximum Gasteiger partial charge on any atom is 0.177 e. The van der Waals surface area contributed by atoms with Crippen LogP contribution < -0.4 is 0 Å². The van der Waals surface area contributed by atoms with Gasteiger partial charge in [-0.1, -0.05) is 23.7 Å². The molecule has 1 aromatic heterocycles. The second kappa shape index (κ2) is 4.82. The number of para-hydroxylation sites is 1. The van der Waals surface area contributed by atoms with Gasteiger partial charge in [0, 0.05) is 6.26 Å². The van der Waals surface area contributed by atoms with E-state index in [1.54, 1.807) is 18.2 Å². The smallest absolute Gasteiger partial charge is 0.177 e. The first-order valence-electron chi connectivity index (χ1n) is 6.01. The van der Waals surface area contributed by atoms with Gasteiger partial charge >= 0.3 is 0 Å². The van der Waals surface area contributed by atoms with Gasteiger partial charge in [-0.3, -0.25) is 0 Å². The number of sulfone groups is 1. The SMILES string of the molecule is CS(=O)(=O)c1cccc2[nH]c(-c3c(F)cccc3Cl)nc12. The number of nitrogens with one attached hydrogen (secondary N) is 1. The molecule has 0 atom stereocenters. The lowest BCUT2D eigenvalue weighted by atomic mass is 10.2. The first kappa shape index (κ1) is 14.0. The molecule has 1 heterocycles. The largest absolute Gasteiger partial charge is 0.338 e. The van der Waals surface area contributed by atoms with Gasteiger partial charge in [-0.2, -0.15) is 0 Å². The molecule has 21 heavy (non-hydrogen) atoms. The van der Waals surface area contributed by atoms with E-state index in [4.69, 9.17) is 11.6 Å². The summed E-state index contributed by atoms with van der Waals surface area (Å²) in [6.07, 6.45) is 1.10. The summed E-state index contributed by atoms with van der Waals surface area (Å²) in [5.74, 6) is -0.327. The molecule has 0 aliphatic rings. The molecular formula is C14H10ClFN2O2S. The van der Waals surface area contributed by atoms with Crippen LogP contribution in [0.15, 0.2) is 41.3 Å². The number of nitrogens with zero attached hydrogens (tertiary/aromatic N) is 1. The number of aromatic amines is 1. The van der Waals surface area contributed by atoms with Crippen molar-refractivity contribution < 1.29 is 12.8 Å². The average molecular weight is 325 g/mol. The van der Waals surface area contributed by atoms with Crippen LogP contribution in [0.2, 0.25) is 5.02 Å². The number of benzene rings is 2. The molecule has 0 saturated heterocycles. The Morgan fingerprint density at radius 3 is 2.57 bits per heavy atom. The van der Waals surface area contributed by atoms with Crippen LogP contribution in [-0.2, 0) is 9.84 Å². The predicted octanol–water partition coefficient (Wildman–Crippen LogP) is 3.43. The van der Waals surface area contributed by atoms with E-state index in [0.717, 1.165) is 6.26 Å². The topological polar surface area (TPSA) is 62.8 Å². The van der Waals surface area contributed by atoms with Crippen molar-refractivity contribution in [1.29, 1.82) is 0 Å². The van der Waals surface area contributed by atoms with Crippen LogP contribution in [0.1, 0.15) is 0 Å². The Bertz CT molecular complexity index is 931. The zero-order valence-electron chi connectivity index (χ0n) is 10.9. The minimum absolute atomic E-state index is 0.0926. The first-order chi connectivity index (χ1) is 9.88. The van der Waals surface area contributed by atoms with Crippen molar-refractivity contribution in [2.24, 2.45) is 0 Å². The Balaban J connectivity index is 2.33. The number of hydrogen-bond donors (Lipinski definition) is 1. The normalized spacial score (nSPS) is 12.0. The van der Waals surface area contributed by atoms with E-state index in [0.29, 0.717) is 5.52 Å². The van der Waals surface area contributed by atoms with Crippen LogP contribution in [0.5, 0.6) is 0 Å². The summed E-state index contributed by atoms with van der Waals surface area (Å²) in [7, 11) is -3.43. The molecule has 0 spiro atoms. The minimum atomic E-state index is -3.43. The van der Waals surface area contributed by atoms with Crippen LogP contribution in [0.25, 0.3) is 22.4 Å². The lowest BCUT2D eigenvalue weighted by Gasteiger charge is -2.01. The first-order valence-corrected chi connectivity index (χ1v) is 8.28. The summed E-state index contributed by atoms with van der Waals surface area (Å²) in [4.78, 5) is 7.21. The molecule has 7 heteroatoms. The molecule has 3 rings (SSSR count). The Morgan fingerprint density at radius 2 is 1.90 bits per heavy atom. The fourth-order valence-corrected chi connectivity index (χ4v) is 3.23. The van der Waals surface area contributed by atoms with E-state index in [9.17, 15) is 12.8 Å². The average Bonchev–Trinajstić information content (AvgIpc) is 2.80. The van der Waals surface area contributed by atoms with Crippen LogP contribution in [0.3, 0.4) is 0 Å². The number of aromatic nitrogens is 2. The standard InChI is InChI=1S/C14H10ClFN2O2S/c1-21(19,20)11-7-3-6-10-13(11)18-14(17-10)12-8(15)4-2-5-9(12)16/h2-7H,1H3,(H,17,18). The molecule has 3 aromatic rings. The van der Waals surface area contributed by atoms with Crippen LogP contribution in [0.4, 0.5) is 4.39 Å². The van der Waals surface area contributed by atoms with Crippen molar-refractivity contribution >= 4 is 32.5 Å². The van der Waals surface area contributed by atoms with E-state index in [-0.39, 0.29) is 26.8 Å². The molecule has 0 fully saturated rings. The lowest BCUT2D eigenvalue weighted by molar-refractivity contribution is 0.602. The summed E-state index contributed by atoms with van der Waals surface area (Å²) in [5, 5.41) is 0.204. The molecule has 0 bridgehead atoms. The van der Waals surface area contributed by atoms with E-state index in [2.05, 4.69) is 9.97 Å². The number of halogens is 2. The zero-order chi connectivity index (χ0) is 15.2. The molecule has 0 amide bonds. The van der Waals surface area contributed by atoms with Gasteiger partial charge in [0.1, 0.15) is 17.2 Å². The van der Waals surface area contributed by atoms with Crippen molar-refractivity contribution in [2.45, 2.75) is 4.90 Å². The Labute approximate surface area is 125 Å². The maximum atomic E-state index is 13.9. The molecule has 0 saturated carbocycles. The van der Waals surface area contributed by atoms with Crippen LogP contribution >= 0.6 is 11.6 Å². The third-order valence-electron chi connectivity index (χ3n) is 3.07. The Morgan fingerprint density at radius 1 is 1.19 bits per heavy atom. The van der Waals surface area contributed by atoms with Gasteiger partial charge in [-0.25, -0.2) is 17.8 Å². The third-order valence-corrected chi connectivity index (χ3v) is 4.52. The number of hydrogen-bond acceptors (Lipinski definition) is 3. The van der Waals surface area contributed by atoms with E-state index < -0.39 is 15.7 Å². The highest BCUT2D eigenvalue weighted by molar-refractivity contribution is 7.91. The third kappa shape index (κ3) is 2.41. The second-order valence-electron chi connectivity index (χ2n) is 4.61. The number of imidazole rings is 1. The molecule has 108 valence electrons. The van der Waals surface area contributed by atoms with Crippen LogP contribution in [-0.4, -0.2) is 24.6 Å². The van der Waals surface area contributed by atoms with Crippen molar-refractivity contribution in [1.82, 2.24) is 9.97 Å². The monoisotopic (exact) mass is 324 g/mol. The Kier molecular flexibility index (Phi) is 3.22. The molecule has 0 radical (unpaired) electrons. The molecule has 1 N–H and O–H groups in total. The molecule has 0 aliphatic carbocycles.